The largest absolute Gasteiger partial charge is 0.493 e. The van der Waals surface area contributed by atoms with Gasteiger partial charge in [-0.1, -0.05) is 37.6 Å². The molecule has 2 saturated heterocycles. The Morgan fingerprint density at radius 2 is 1.91 bits per heavy atom. The standard InChI is InChI=1S/C35H49N5O5/c1-6-7-15-39(28-10-8-9-25(20-28)24-40(3,4)5)32(41)23-38-22-29(26-11-12-31-27(21-26)14-19-45-31)33(34(42)43)30(38)13-16-37-18-17-36(2)35(37)44/h8-12,20-21,29-30,33H,6-7,13-19,22-24H2,1-5H3/p+1/t29-,30+,33-/m1/s1. The summed E-state index contributed by atoms with van der Waals surface area (Å²) in [7, 11) is 8.24. The molecule has 3 heterocycles. The van der Waals surface area contributed by atoms with Crippen LogP contribution in [0.3, 0.4) is 0 Å². The molecule has 3 amide bonds. The van der Waals surface area contributed by atoms with Crippen LogP contribution in [0, 0.1) is 5.92 Å². The number of ether oxygens (including phenoxy) is 1. The first kappa shape index (κ1) is 32.8. The number of nitrogens with zero attached hydrogens (tertiary/aromatic N) is 5. The molecule has 0 aromatic heterocycles. The van der Waals surface area contributed by atoms with Gasteiger partial charge in [-0.25, -0.2) is 4.79 Å². The number of carbonyl (C=O) groups is 3. The van der Waals surface area contributed by atoms with Crippen molar-refractivity contribution in [2.45, 2.75) is 51.1 Å². The second-order valence-electron chi connectivity index (χ2n) is 13.9. The van der Waals surface area contributed by atoms with Crippen LogP contribution in [0.5, 0.6) is 5.75 Å². The summed E-state index contributed by atoms with van der Waals surface area (Å²) in [5.74, 6) is -1.01. The number of carboxylic acid groups (broad SMARTS) is 1. The summed E-state index contributed by atoms with van der Waals surface area (Å²) in [4.78, 5) is 47.3. The van der Waals surface area contributed by atoms with E-state index < -0.39 is 17.9 Å². The molecule has 2 aromatic rings. The van der Waals surface area contributed by atoms with Crippen LogP contribution in [-0.2, 0) is 22.6 Å². The average molecular weight is 621 g/mol. The number of likely N-dealkylation sites (N-methyl/N-ethyl adjacent to an activating group) is 1. The van der Waals surface area contributed by atoms with Crippen LogP contribution >= 0.6 is 0 Å². The maximum absolute atomic E-state index is 14.2. The zero-order valence-corrected chi connectivity index (χ0v) is 27.6. The Bertz CT molecular complexity index is 1390. The Labute approximate surface area is 267 Å². The van der Waals surface area contributed by atoms with Crippen molar-refractivity contribution in [3.05, 3.63) is 59.2 Å². The number of likely N-dealkylation sites (tertiary alicyclic amines) is 1. The summed E-state index contributed by atoms with van der Waals surface area (Å²) in [6.45, 7) is 6.53. The number of urea groups is 1. The highest BCUT2D eigenvalue weighted by molar-refractivity contribution is 5.95. The Hall–Kier alpha value is -3.63. The van der Waals surface area contributed by atoms with E-state index in [4.69, 9.17) is 4.74 Å². The van der Waals surface area contributed by atoms with E-state index in [1.807, 2.05) is 29.2 Å². The van der Waals surface area contributed by atoms with Gasteiger partial charge in [-0.05, 0) is 42.2 Å². The van der Waals surface area contributed by atoms with E-state index >= 15 is 0 Å². The zero-order valence-electron chi connectivity index (χ0n) is 27.6. The van der Waals surface area contributed by atoms with Crippen molar-refractivity contribution in [3.8, 4) is 5.75 Å². The van der Waals surface area contributed by atoms with E-state index in [0.29, 0.717) is 45.8 Å². The van der Waals surface area contributed by atoms with Gasteiger partial charge >= 0.3 is 12.0 Å². The summed E-state index contributed by atoms with van der Waals surface area (Å²) >= 11 is 0. The fourth-order valence-electron chi connectivity index (χ4n) is 7.17. The Kier molecular flexibility index (Phi) is 10.0. The minimum atomic E-state index is -0.864. The summed E-state index contributed by atoms with van der Waals surface area (Å²) in [5.41, 5.74) is 4.12. The number of hydrogen-bond acceptors (Lipinski definition) is 5. The number of hydrogen-bond donors (Lipinski definition) is 1. The molecule has 1 N–H and O–H groups in total. The number of fused-ring (bicyclic) bond motifs is 1. The smallest absolute Gasteiger partial charge is 0.319 e. The second-order valence-corrected chi connectivity index (χ2v) is 13.9. The number of aliphatic carboxylic acids is 1. The lowest BCUT2D eigenvalue weighted by atomic mass is 9.83. The van der Waals surface area contributed by atoms with E-state index in [2.05, 4.69) is 51.2 Å². The molecular formula is C35H50N5O5+. The molecule has 0 aliphatic carbocycles. The number of carboxylic acids is 1. The molecule has 0 saturated carbocycles. The first-order valence-corrected chi connectivity index (χ1v) is 16.4. The molecule has 2 fully saturated rings. The third-order valence-electron chi connectivity index (χ3n) is 9.43. The topological polar surface area (TPSA) is 93.6 Å². The van der Waals surface area contributed by atoms with Gasteiger partial charge in [0.25, 0.3) is 0 Å². The molecule has 2 aromatic carbocycles. The molecular weight excluding hydrogens is 570 g/mol. The van der Waals surface area contributed by atoms with Gasteiger partial charge in [0.15, 0.2) is 0 Å². The molecule has 0 bridgehead atoms. The highest BCUT2D eigenvalue weighted by atomic mass is 16.5. The molecule has 5 rings (SSSR count). The third-order valence-corrected chi connectivity index (χ3v) is 9.43. The monoisotopic (exact) mass is 620 g/mol. The molecule has 0 spiro atoms. The summed E-state index contributed by atoms with van der Waals surface area (Å²) in [6.07, 6.45) is 3.13. The maximum atomic E-state index is 14.2. The van der Waals surface area contributed by atoms with E-state index in [9.17, 15) is 19.5 Å². The van der Waals surface area contributed by atoms with Gasteiger partial charge in [-0.15, -0.1) is 0 Å². The number of quaternary nitrogens is 1. The second kappa shape index (κ2) is 13.8. The maximum Gasteiger partial charge on any atom is 0.319 e. The number of benzene rings is 2. The summed E-state index contributed by atoms with van der Waals surface area (Å²) < 4.78 is 6.50. The zero-order chi connectivity index (χ0) is 32.3. The van der Waals surface area contributed by atoms with Crippen molar-refractivity contribution in [1.29, 1.82) is 0 Å². The number of rotatable bonds is 13. The Morgan fingerprint density at radius 1 is 1.11 bits per heavy atom. The molecule has 3 aliphatic rings. The van der Waals surface area contributed by atoms with Gasteiger partial charge < -0.3 is 29.0 Å². The SMILES string of the molecule is CCCCN(C(=O)CN1C[C@H](c2ccc3c(c2)CCO3)[C@@H](C(=O)O)[C@@H]1CCN1CCN(C)C1=O)c1cccc(C[N+](C)(C)C)c1. The molecule has 10 nitrogen and oxygen atoms in total. The van der Waals surface area contributed by atoms with Gasteiger partial charge in [0.1, 0.15) is 12.3 Å². The van der Waals surface area contributed by atoms with Crippen LogP contribution in [0.15, 0.2) is 42.5 Å². The fourth-order valence-corrected chi connectivity index (χ4v) is 7.17. The van der Waals surface area contributed by atoms with Crippen molar-refractivity contribution >= 4 is 23.6 Å². The lowest BCUT2D eigenvalue weighted by Crippen LogP contribution is -2.46. The molecule has 45 heavy (non-hydrogen) atoms. The molecule has 10 heteroatoms. The van der Waals surface area contributed by atoms with Crippen molar-refractivity contribution in [1.82, 2.24) is 14.7 Å². The van der Waals surface area contributed by atoms with Crippen molar-refractivity contribution < 1.29 is 28.7 Å². The van der Waals surface area contributed by atoms with E-state index in [1.165, 1.54) is 5.56 Å². The normalized spacial score (nSPS) is 21.7. The van der Waals surface area contributed by atoms with E-state index in [-0.39, 0.29) is 24.4 Å². The van der Waals surface area contributed by atoms with E-state index in [1.54, 1.807) is 16.8 Å². The van der Waals surface area contributed by atoms with Crippen LogP contribution in [-0.4, -0.2) is 122 Å². The average Bonchev–Trinajstić information content (AvgIpc) is 3.68. The number of amides is 3. The van der Waals surface area contributed by atoms with Gasteiger partial charge in [-0.3, -0.25) is 14.5 Å². The number of carbonyl (C=O) groups excluding carboxylic acids is 2. The van der Waals surface area contributed by atoms with Gasteiger partial charge in [0.05, 0.1) is 40.2 Å². The quantitative estimate of drug-likeness (QED) is 0.342. The Balaban J connectivity index is 1.43. The third kappa shape index (κ3) is 7.61. The molecule has 3 atom stereocenters. The van der Waals surface area contributed by atoms with Gasteiger partial charge in [-0.2, -0.15) is 0 Å². The van der Waals surface area contributed by atoms with Gasteiger partial charge in [0.2, 0.25) is 5.91 Å². The van der Waals surface area contributed by atoms with Crippen LogP contribution in [0.2, 0.25) is 0 Å². The molecule has 0 unspecified atom stereocenters. The van der Waals surface area contributed by atoms with Crippen molar-refractivity contribution in [3.63, 3.8) is 0 Å². The predicted octanol–water partition coefficient (Wildman–Crippen LogP) is 3.89. The van der Waals surface area contributed by atoms with Crippen molar-refractivity contribution in [2.24, 2.45) is 5.92 Å². The lowest BCUT2D eigenvalue weighted by Gasteiger charge is -2.31. The van der Waals surface area contributed by atoms with Crippen LogP contribution in [0.4, 0.5) is 10.5 Å². The Morgan fingerprint density at radius 3 is 2.60 bits per heavy atom. The van der Waals surface area contributed by atoms with E-state index in [0.717, 1.165) is 52.9 Å². The lowest BCUT2D eigenvalue weighted by molar-refractivity contribution is -0.884. The summed E-state index contributed by atoms with van der Waals surface area (Å²) in [5, 5.41) is 10.6. The van der Waals surface area contributed by atoms with Gasteiger partial charge in [0, 0.05) is 69.4 Å². The highest BCUT2D eigenvalue weighted by Gasteiger charge is 2.47. The highest BCUT2D eigenvalue weighted by Crippen LogP contribution is 2.41. The minimum absolute atomic E-state index is 0.0278. The predicted molar refractivity (Wildman–Crippen MR) is 175 cm³/mol. The molecule has 0 radical (unpaired) electrons. The minimum Gasteiger partial charge on any atom is -0.493 e. The number of unbranched alkanes of at least 4 members (excludes halogenated alkanes) is 1. The first-order chi connectivity index (χ1) is 21.4. The van der Waals surface area contributed by atoms with Crippen LogP contribution < -0.4 is 9.64 Å². The molecule has 3 aliphatic heterocycles. The van der Waals surface area contributed by atoms with Crippen LogP contribution in [0.25, 0.3) is 0 Å². The van der Waals surface area contributed by atoms with Crippen molar-refractivity contribution in [2.75, 3.05) is 79.0 Å². The molecule has 244 valence electrons. The fraction of sp³-hybridized carbons (Fsp3) is 0.571. The van der Waals surface area contributed by atoms with Crippen LogP contribution in [0.1, 0.15) is 48.8 Å². The first-order valence-electron chi connectivity index (χ1n) is 16.4. The number of anilines is 1. The summed E-state index contributed by atoms with van der Waals surface area (Å²) in [6, 6.07) is 13.8.